The SMILES string of the molecule is Cc1cccc(S(=O)(=O)NCc2cc3ccc(C)cc3[nH]c2=O)c1. The van der Waals surface area contributed by atoms with Crippen LogP contribution in [0.3, 0.4) is 0 Å². The van der Waals surface area contributed by atoms with Crippen LogP contribution in [0.4, 0.5) is 0 Å². The summed E-state index contributed by atoms with van der Waals surface area (Å²) in [7, 11) is -3.66. The van der Waals surface area contributed by atoms with Crippen LogP contribution in [0.25, 0.3) is 10.9 Å². The van der Waals surface area contributed by atoms with Gasteiger partial charge in [0.15, 0.2) is 0 Å². The maximum absolute atomic E-state index is 12.4. The van der Waals surface area contributed by atoms with E-state index in [0.717, 1.165) is 22.0 Å². The Kier molecular flexibility index (Phi) is 4.26. The molecular formula is C18H18N2O3S. The quantitative estimate of drug-likeness (QED) is 0.765. The number of nitrogens with one attached hydrogen (secondary N) is 2. The lowest BCUT2D eigenvalue weighted by atomic mass is 10.1. The third-order valence-corrected chi connectivity index (χ3v) is 5.23. The van der Waals surface area contributed by atoms with Crippen molar-refractivity contribution in [2.45, 2.75) is 25.3 Å². The fourth-order valence-corrected chi connectivity index (χ4v) is 3.64. The minimum Gasteiger partial charge on any atom is -0.322 e. The second kappa shape index (κ2) is 6.22. The molecule has 0 atom stereocenters. The maximum Gasteiger partial charge on any atom is 0.252 e. The molecule has 0 aliphatic rings. The molecule has 0 aliphatic heterocycles. The normalized spacial score (nSPS) is 11.8. The van der Waals surface area contributed by atoms with Gasteiger partial charge in [-0.3, -0.25) is 4.79 Å². The predicted octanol–water partition coefficient (Wildman–Crippen LogP) is 2.62. The van der Waals surface area contributed by atoms with Gasteiger partial charge in [-0.2, -0.15) is 0 Å². The molecule has 2 N–H and O–H groups in total. The van der Waals surface area contributed by atoms with Crippen LogP contribution in [0.15, 0.2) is 58.2 Å². The monoisotopic (exact) mass is 342 g/mol. The van der Waals surface area contributed by atoms with Crippen LogP contribution in [-0.2, 0) is 16.6 Å². The van der Waals surface area contributed by atoms with Crippen LogP contribution in [0.1, 0.15) is 16.7 Å². The summed E-state index contributed by atoms with van der Waals surface area (Å²) in [5, 5.41) is 0.866. The summed E-state index contributed by atoms with van der Waals surface area (Å²) in [6.07, 6.45) is 0. The number of aromatic nitrogens is 1. The molecule has 124 valence electrons. The van der Waals surface area contributed by atoms with Gasteiger partial charge in [0.1, 0.15) is 0 Å². The second-order valence-corrected chi connectivity index (χ2v) is 7.62. The van der Waals surface area contributed by atoms with Gasteiger partial charge < -0.3 is 4.98 Å². The molecule has 0 spiro atoms. The molecule has 6 heteroatoms. The molecular weight excluding hydrogens is 324 g/mol. The number of aromatic amines is 1. The lowest BCUT2D eigenvalue weighted by molar-refractivity contribution is 0.581. The molecule has 0 bridgehead atoms. The third kappa shape index (κ3) is 3.39. The molecule has 0 saturated heterocycles. The average Bonchev–Trinajstić information content (AvgIpc) is 2.53. The van der Waals surface area contributed by atoms with E-state index in [1.807, 2.05) is 38.1 Å². The number of benzene rings is 2. The van der Waals surface area contributed by atoms with Crippen molar-refractivity contribution in [1.82, 2.24) is 9.71 Å². The maximum atomic E-state index is 12.4. The van der Waals surface area contributed by atoms with Gasteiger partial charge in [-0.15, -0.1) is 0 Å². The summed E-state index contributed by atoms with van der Waals surface area (Å²) in [6.45, 7) is 3.71. The molecule has 1 aromatic heterocycles. The highest BCUT2D eigenvalue weighted by molar-refractivity contribution is 7.89. The van der Waals surface area contributed by atoms with Crippen LogP contribution in [-0.4, -0.2) is 13.4 Å². The minimum atomic E-state index is -3.66. The lowest BCUT2D eigenvalue weighted by Gasteiger charge is -2.08. The van der Waals surface area contributed by atoms with E-state index >= 15 is 0 Å². The number of aryl methyl sites for hydroxylation is 2. The molecule has 1 heterocycles. The van der Waals surface area contributed by atoms with Gasteiger partial charge in [-0.1, -0.05) is 24.3 Å². The molecule has 0 unspecified atom stereocenters. The van der Waals surface area contributed by atoms with Gasteiger partial charge in [-0.25, -0.2) is 13.1 Å². The van der Waals surface area contributed by atoms with Crippen LogP contribution in [0, 0.1) is 13.8 Å². The highest BCUT2D eigenvalue weighted by Gasteiger charge is 2.14. The largest absolute Gasteiger partial charge is 0.322 e. The Bertz CT molecular complexity index is 1070. The van der Waals surface area contributed by atoms with E-state index in [1.54, 1.807) is 18.2 Å². The number of pyridine rings is 1. The van der Waals surface area contributed by atoms with E-state index in [-0.39, 0.29) is 17.0 Å². The number of sulfonamides is 1. The van der Waals surface area contributed by atoms with Gasteiger partial charge in [0.2, 0.25) is 10.0 Å². The Labute approximate surface area is 140 Å². The van der Waals surface area contributed by atoms with Crippen molar-refractivity contribution in [3.63, 3.8) is 0 Å². The number of fused-ring (bicyclic) bond motifs is 1. The summed E-state index contributed by atoms with van der Waals surface area (Å²) in [6, 6.07) is 14.1. The van der Waals surface area contributed by atoms with Crippen LogP contribution >= 0.6 is 0 Å². The van der Waals surface area contributed by atoms with E-state index in [9.17, 15) is 13.2 Å². The molecule has 0 aliphatic carbocycles. The highest BCUT2D eigenvalue weighted by atomic mass is 32.2. The Balaban J connectivity index is 1.89. The summed E-state index contributed by atoms with van der Waals surface area (Å²) in [5.74, 6) is 0. The van der Waals surface area contributed by atoms with Gasteiger partial charge in [-0.05, 0) is 54.6 Å². The first-order chi connectivity index (χ1) is 11.3. The fourth-order valence-electron chi connectivity index (χ4n) is 2.53. The Morgan fingerprint density at radius 1 is 1.00 bits per heavy atom. The van der Waals surface area contributed by atoms with E-state index in [4.69, 9.17) is 0 Å². The number of hydrogen-bond acceptors (Lipinski definition) is 3. The topological polar surface area (TPSA) is 79.0 Å². The first-order valence-electron chi connectivity index (χ1n) is 7.54. The Morgan fingerprint density at radius 3 is 2.50 bits per heavy atom. The number of H-pyrrole nitrogens is 1. The molecule has 0 saturated carbocycles. The Morgan fingerprint density at radius 2 is 1.75 bits per heavy atom. The molecule has 0 amide bonds. The van der Waals surface area contributed by atoms with Crippen molar-refractivity contribution >= 4 is 20.9 Å². The zero-order chi connectivity index (χ0) is 17.3. The first kappa shape index (κ1) is 16.4. The standard InChI is InChI=1S/C18H18N2O3S/c1-12-4-3-5-16(8-12)24(22,23)19-11-15-10-14-7-6-13(2)9-17(14)20-18(15)21/h3-10,19H,11H2,1-2H3,(H,20,21). The van der Waals surface area contributed by atoms with Crippen molar-refractivity contribution in [2.75, 3.05) is 0 Å². The van der Waals surface area contributed by atoms with Crippen molar-refractivity contribution in [2.24, 2.45) is 0 Å². The van der Waals surface area contributed by atoms with Gasteiger partial charge in [0.05, 0.1) is 4.90 Å². The number of rotatable bonds is 4. The summed E-state index contributed by atoms with van der Waals surface area (Å²) in [5.41, 5.74) is 2.73. The fraction of sp³-hybridized carbons (Fsp3) is 0.167. The van der Waals surface area contributed by atoms with Crippen molar-refractivity contribution in [1.29, 1.82) is 0 Å². The van der Waals surface area contributed by atoms with Crippen molar-refractivity contribution in [3.8, 4) is 0 Å². The summed E-state index contributed by atoms with van der Waals surface area (Å²) >= 11 is 0. The van der Waals surface area contributed by atoms with E-state index in [1.165, 1.54) is 6.07 Å². The zero-order valence-electron chi connectivity index (χ0n) is 13.5. The van der Waals surface area contributed by atoms with Crippen LogP contribution in [0.5, 0.6) is 0 Å². The Hall–Kier alpha value is -2.44. The predicted molar refractivity (Wildman–Crippen MR) is 94.5 cm³/mol. The highest BCUT2D eigenvalue weighted by Crippen LogP contribution is 2.14. The van der Waals surface area contributed by atoms with Crippen LogP contribution < -0.4 is 10.3 Å². The minimum absolute atomic E-state index is 0.0601. The molecule has 2 aromatic carbocycles. The van der Waals surface area contributed by atoms with Gasteiger partial charge >= 0.3 is 0 Å². The summed E-state index contributed by atoms with van der Waals surface area (Å²) in [4.78, 5) is 15.1. The lowest BCUT2D eigenvalue weighted by Crippen LogP contribution is -2.27. The smallest absolute Gasteiger partial charge is 0.252 e. The van der Waals surface area contributed by atoms with Gasteiger partial charge in [0.25, 0.3) is 5.56 Å². The van der Waals surface area contributed by atoms with Crippen molar-refractivity contribution < 1.29 is 8.42 Å². The zero-order valence-corrected chi connectivity index (χ0v) is 14.3. The van der Waals surface area contributed by atoms with E-state index in [0.29, 0.717) is 5.56 Å². The van der Waals surface area contributed by atoms with E-state index in [2.05, 4.69) is 9.71 Å². The molecule has 24 heavy (non-hydrogen) atoms. The van der Waals surface area contributed by atoms with Crippen LogP contribution in [0.2, 0.25) is 0 Å². The third-order valence-electron chi connectivity index (χ3n) is 3.83. The molecule has 3 rings (SSSR count). The van der Waals surface area contributed by atoms with E-state index < -0.39 is 10.0 Å². The van der Waals surface area contributed by atoms with Gasteiger partial charge in [0, 0.05) is 17.6 Å². The number of hydrogen-bond donors (Lipinski definition) is 2. The summed E-state index contributed by atoms with van der Waals surface area (Å²) < 4.78 is 27.2. The molecule has 5 nitrogen and oxygen atoms in total. The van der Waals surface area contributed by atoms with Crippen molar-refractivity contribution in [3.05, 3.63) is 75.6 Å². The molecule has 3 aromatic rings. The molecule has 0 fully saturated rings. The first-order valence-corrected chi connectivity index (χ1v) is 9.02. The second-order valence-electron chi connectivity index (χ2n) is 5.86. The molecule has 0 radical (unpaired) electrons. The average molecular weight is 342 g/mol.